The van der Waals surface area contributed by atoms with Crippen molar-refractivity contribution in [3.05, 3.63) is 29.6 Å². The zero-order chi connectivity index (χ0) is 10.7. The highest BCUT2D eigenvalue weighted by atomic mass is 35.5. The Hall–Kier alpha value is -0.800. The van der Waals surface area contributed by atoms with Crippen LogP contribution in [0.4, 0.5) is 4.39 Å². The molecule has 0 aliphatic carbocycles. The average Bonchev–Trinajstić information content (AvgIpc) is 2.16. The summed E-state index contributed by atoms with van der Waals surface area (Å²) in [5.74, 6) is 0.0172. The molecule has 4 heteroatoms. The molecular formula is C10H12ClFO2. The van der Waals surface area contributed by atoms with Crippen LogP contribution in [0, 0.1) is 5.82 Å². The Bertz CT molecular complexity index is 315. The minimum absolute atomic E-state index is 0.370. The zero-order valence-electron chi connectivity index (χ0n) is 8.00. The lowest BCUT2D eigenvalue weighted by Gasteiger charge is -2.16. The summed E-state index contributed by atoms with van der Waals surface area (Å²) in [7, 11) is 1.46. The molecule has 78 valence electrons. The number of hydrogen-bond donors (Lipinski definition) is 1. The van der Waals surface area contributed by atoms with E-state index < -0.39 is 17.3 Å². The van der Waals surface area contributed by atoms with E-state index in [0.29, 0.717) is 11.3 Å². The van der Waals surface area contributed by atoms with Gasteiger partial charge in [-0.2, -0.15) is 0 Å². The van der Waals surface area contributed by atoms with Crippen molar-refractivity contribution in [1.29, 1.82) is 0 Å². The second-order valence-electron chi connectivity index (χ2n) is 3.01. The molecule has 1 rings (SSSR count). The van der Waals surface area contributed by atoms with Crippen molar-refractivity contribution in [2.24, 2.45) is 0 Å². The van der Waals surface area contributed by atoms with Crippen LogP contribution in [0.5, 0.6) is 5.75 Å². The Balaban J connectivity index is 3.10. The minimum atomic E-state index is -0.928. The molecule has 0 saturated carbocycles. The fourth-order valence-electron chi connectivity index (χ4n) is 1.18. The molecular weight excluding hydrogens is 207 g/mol. The minimum Gasteiger partial charge on any atom is -0.496 e. The zero-order valence-corrected chi connectivity index (χ0v) is 8.75. The predicted octanol–water partition coefficient (Wildman–Crippen LogP) is 2.50. The lowest BCUT2D eigenvalue weighted by Crippen LogP contribution is -2.10. The molecule has 0 fully saturated rings. The van der Waals surface area contributed by atoms with E-state index in [1.165, 1.54) is 25.3 Å². The van der Waals surface area contributed by atoms with Crippen LogP contribution in [-0.4, -0.2) is 17.6 Å². The third-order valence-corrected chi connectivity index (χ3v) is 2.18. The molecule has 1 N–H and O–H groups in total. The summed E-state index contributed by atoms with van der Waals surface area (Å²) < 4.78 is 17.9. The summed E-state index contributed by atoms with van der Waals surface area (Å²) in [4.78, 5) is 0. The van der Waals surface area contributed by atoms with Gasteiger partial charge in [-0.15, -0.1) is 11.6 Å². The standard InChI is InChI=1S/C10H12ClFO2/c1-6(11)10(13)8-5-7(12)3-4-9(8)14-2/h3-6,10,13H,1-2H3. The van der Waals surface area contributed by atoms with Gasteiger partial charge in [0.25, 0.3) is 0 Å². The molecule has 0 aliphatic heterocycles. The second kappa shape index (κ2) is 4.62. The first-order valence-corrected chi connectivity index (χ1v) is 4.65. The summed E-state index contributed by atoms with van der Waals surface area (Å²) in [5.41, 5.74) is 0.370. The molecule has 0 bridgehead atoms. The van der Waals surface area contributed by atoms with Crippen molar-refractivity contribution in [2.45, 2.75) is 18.4 Å². The number of aliphatic hydroxyl groups excluding tert-OH is 1. The molecule has 2 atom stereocenters. The molecule has 1 aromatic rings. The number of rotatable bonds is 3. The van der Waals surface area contributed by atoms with Gasteiger partial charge in [0.05, 0.1) is 18.6 Å². The number of hydrogen-bond acceptors (Lipinski definition) is 2. The Labute approximate surface area is 87.3 Å². The third-order valence-electron chi connectivity index (χ3n) is 1.95. The molecule has 0 spiro atoms. The average molecular weight is 219 g/mol. The van der Waals surface area contributed by atoms with E-state index in [-0.39, 0.29) is 0 Å². The number of aliphatic hydroxyl groups is 1. The molecule has 2 nitrogen and oxygen atoms in total. The van der Waals surface area contributed by atoms with E-state index in [9.17, 15) is 9.50 Å². The fourth-order valence-corrected chi connectivity index (χ4v) is 1.32. The van der Waals surface area contributed by atoms with Crippen LogP contribution < -0.4 is 4.74 Å². The molecule has 0 radical (unpaired) electrons. The Morgan fingerprint density at radius 3 is 2.64 bits per heavy atom. The highest BCUT2D eigenvalue weighted by Gasteiger charge is 2.18. The number of alkyl halides is 1. The smallest absolute Gasteiger partial charge is 0.124 e. The molecule has 0 saturated heterocycles. The molecule has 0 aromatic heterocycles. The Morgan fingerprint density at radius 1 is 1.50 bits per heavy atom. The monoisotopic (exact) mass is 218 g/mol. The quantitative estimate of drug-likeness (QED) is 0.790. The maximum absolute atomic E-state index is 12.9. The van der Waals surface area contributed by atoms with Crippen LogP contribution in [-0.2, 0) is 0 Å². The van der Waals surface area contributed by atoms with Crippen LogP contribution in [0.2, 0.25) is 0 Å². The van der Waals surface area contributed by atoms with Gasteiger partial charge in [0.2, 0.25) is 0 Å². The van der Waals surface area contributed by atoms with Gasteiger partial charge in [0, 0.05) is 5.56 Å². The summed E-state index contributed by atoms with van der Waals surface area (Å²) in [6.07, 6.45) is -0.928. The van der Waals surface area contributed by atoms with Crippen LogP contribution in [0.3, 0.4) is 0 Å². The first kappa shape index (κ1) is 11.3. The van der Waals surface area contributed by atoms with Crippen LogP contribution in [0.15, 0.2) is 18.2 Å². The summed E-state index contributed by atoms with van der Waals surface area (Å²) in [6.45, 7) is 1.64. The maximum atomic E-state index is 12.9. The lowest BCUT2D eigenvalue weighted by atomic mass is 10.1. The molecule has 0 heterocycles. The molecule has 14 heavy (non-hydrogen) atoms. The van der Waals surface area contributed by atoms with Gasteiger partial charge in [0.15, 0.2) is 0 Å². The van der Waals surface area contributed by atoms with Crippen molar-refractivity contribution < 1.29 is 14.2 Å². The van der Waals surface area contributed by atoms with Crippen molar-refractivity contribution in [2.75, 3.05) is 7.11 Å². The number of benzene rings is 1. The van der Waals surface area contributed by atoms with E-state index >= 15 is 0 Å². The van der Waals surface area contributed by atoms with Gasteiger partial charge >= 0.3 is 0 Å². The molecule has 2 unspecified atom stereocenters. The second-order valence-corrected chi connectivity index (χ2v) is 3.70. The summed E-state index contributed by atoms with van der Waals surface area (Å²) in [5, 5.41) is 9.16. The molecule has 1 aromatic carbocycles. The highest BCUT2D eigenvalue weighted by molar-refractivity contribution is 6.20. The molecule has 0 aliphatic rings. The largest absolute Gasteiger partial charge is 0.496 e. The molecule has 0 amide bonds. The van der Waals surface area contributed by atoms with E-state index in [2.05, 4.69) is 0 Å². The van der Waals surface area contributed by atoms with E-state index in [1.807, 2.05) is 0 Å². The van der Waals surface area contributed by atoms with E-state index in [0.717, 1.165) is 0 Å². The van der Waals surface area contributed by atoms with Crippen molar-refractivity contribution in [3.63, 3.8) is 0 Å². The number of methoxy groups -OCH3 is 1. The van der Waals surface area contributed by atoms with E-state index in [1.54, 1.807) is 6.92 Å². The van der Waals surface area contributed by atoms with Crippen LogP contribution in [0.25, 0.3) is 0 Å². The normalized spacial score (nSPS) is 14.9. The van der Waals surface area contributed by atoms with Crippen molar-refractivity contribution in [3.8, 4) is 5.75 Å². The van der Waals surface area contributed by atoms with Crippen LogP contribution in [0.1, 0.15) is 18.6 Å². The van der Waals surface area contributed by atoms with Crippen molar-refractivity contribution >= 4 is 11.6 Å². The number of ether oxygens (including phenoxy) is 1. The first-order valence-electron chi connectivity index (χ1n) is 4.22. The van der Waals surface area contributed by atoms with Gasteiger partial charge < -0.3 is 9.84 Å². The van der Waals surface area contributed by atoms with Crippen molar-refractivity contribution in [1.82, 2.24) is 0 Å². The number of halogens is 2. The SMILES string of the molecule is COc1ccc(F)cc1C(O)C(C)Cl. The highest BCUT2D eigenvalue weighted by Crippen LogP contribution is 2.29. The Kier molecular flexibility index (Phi) is 3.72. The van der Waals surface area contributed by atoms with Gasteiger partial charge in [0.1, 0.15) is 11.6 Å². The van der Waals surface area contributed by atoms with E-state index in [4.69, 9.17) is 16.3 Å². The van der Waals surface area contributed by atoms with Gasteiger partial charge in [-0.3, -0.25) is 0 Å². The predicted molar refractivity (Wildman–Crippen MR) is 53.2 cm³/mol. The van der Waals surface area contributed by atoms with Gasteiger partial charge in [-0.25, -0.2) is 4.39 Å². The first-order chi connectivity index (χ1) is 6.56. The van der Waals surface area contributed by atoms with Gasteiger partial charge in [-0.1, -0.05) is 0 Å². The Morgan fingerprint density at radius 2 is 2.14 bits per heavy atom. The van der Waals surface area contributed by atoms with Crippen LogP contribution >= 0.6 is 11.6 Å². The third kappa shape index (κ3) is 2.36. The fraction of sp³-hybridized carbons (Fsp3) is 0.400. The maximum Gasteiger partial charge on any atom is 0.124 e. The topological polar surface area (TPSA) is 29.5 Å². The van der Waals surface area contributed by atoms with Gasteiger partial charge in [-0.05, 0) is 25.1 Å². The summed E-state index contributed by atoms with van der Waals surface area (Å²) >= 11 is 5.72. The lowest BCUT2D eigenvalue weighted by molar-refractivity contribution is 0.172. The summed E-state index contributed by atoms with van der Waals surface area (Å²) in [6, 6.07) is 3.96.